The van der Waals surface area contributed by atoms with Gasteiger partial charge in [-0.3, -0.25) is 0 Å². The van der Waals surface area contributed by atoms with Crippen LogP contribution in [-0.2, 0) is 5.75 Å². The lowest BCUT2D eigenvalue weighted by Crippen LogP contribution is -2.30. The highest BCUT2D eigenvalue weighted by molar-refractivity contribution is 7.98. The number of rotatable bonds is 6. The molecule has 0 aliphatic rings. The van der Waals surface area contributed by atoms with E-state index in [9.17, 15) is 4.79 Å². The van der Waals surface area contributed by atoms with E-state index < -0.39 is 0 Å². The summed E-state index contributed by atoms with van der Waals surface area (Å²) in [4.78, 5) is 11.9. The lowest BCUT2D eigenvalue weighted by Gasteiger charge is -2.11. The number of anilines is 1. The van der Waals surface area contributed by atoms with Crippen LogP contribution in [0, 0.1) is 13.8 Å². The van der Waals surface area contributed by atoms with Gasteiger partial charge in [-0.15, -0.1) is 0 Å². The zero-order valence-electron chi connectivity index (χ0n) is 13.1. The van der Waals surface area contributed by atoms with Crippen LogP contribution in [0.4, 0.5) is 10.5 Å². The molecule has 0 aliphatic heterocycles. The summed E-state index contributed by atoms with van der Waals surface area (Å²) < 4.78 is 0. The van der Waals surface area contributed by atoms with Gasteiger partial charge in [0, 0.05) is 23.7 Å². The highest BCUT2D eigenvalue weighted by Crippen LogP contribution is 2.17. The maximum Gasteiger partial charge on any atom is 0.319 e. The molecule has 0 atom stereocenters. The Bertz CT molecular complexity index is 614. The molecule has 0 aromatic heterocycles. The van der Waals surface area contributed by atoms with Crippen molar-refractivity contribution in [2.75, 3.05) is 17.6 Å². The molecule has 0 bridgehead atoms. The van der Waals surface area contributed by atoms with Gasteiger partial charge in [0.15, 0.2) is 0 Å². The van der Waals surface area contributed by atoms with E-state index >= 15 is 0 Å². The van der Waals surface area contributed by atoms with Crippen LogP contribution in [0.2, 0.25) is 0 Å². The van der Waals surface area contributed by atoms with E-state index in [1.807, 2.05) is 62.0 Å². The molecular formula is C18H22N2OS. The fraction of sp³-hybridized carbons (Fsp3) is 0.278. The zero-order valence-corrected chi connectivity index (χ0v) is 13.9. The van der Waals surface area contributed by atoms with E-state index in [1.165, 1.54) is 11.1 Å². The summed E-state index contributed by atoms with van der Waals surface area (Å²) in [5.41, 5.74) is 4.47. The Kier molecular flexibility index (Phi) is 6.34. The van der Waals surface area contributed by atoms with Gasteiger partial charge >= 0.3 is 6.03 Å². The van der Waals surface area contributed by atoms with Crippen LogP contribution in [-0.4, -0.2) is 18.3 Å². The van der Waals surface area contributed by atoms with Crippen molar-refractivity contribution in [3.8, 4) is 0 Å². The Hall–Kier alpha value is -1.94. The molecule has 2 amide bonds. The molecule has 2 aromatic rings. The van der Waals surface area contributed by atoms with Crippen LogP contribution in [0.5, 0.6) is 0 Å². The summed E-state index contributed by atoms with van der Waals surface area (Å²) in [6, 6.07) is 16.1. The molecule has 4 heteroatoms. The molecule has 0 saturated carbocycles. The number of carbonyl (C=O) groups is 1. The maximum atomic E-state index is 11.9. The molecule has 0 spiro atoms. The number of thioether (sulfide) groups is 1. The lowest BCUT2D eigenvalue weighted by molar-refractivity contribution is 0.252. The Morgan fingerprint density at radius 2 is 1.82 bits per heavy atom. The highest BCUT2D eigenvalue weighted by Gasteiger charge is 2.04. The minimum Gasteiger partial charge on any atom is -0.337 e. The number of hydrogen-bond donors (Lipinski definition) is 2. The summed E-state index contributed by atoms with van der Waals surface area (Å²) >= 11 is 1.82. The Balaban J connectivity index is 1.67. The third-order valence-electron chi connectivity index (χ3n) is 3.50. The monoisotopic (exact) mass is 314 g/mol. The minimum absolute atomic E-state index is 0.144. The summed E-state index contributed by atoms with van der Waals surface area (Å²) in [6.07, 6.45) is 0. The molecular weight excluding hydrogens is 292 g/mol. The first-order chi connectivity index (χ1) is 10.7. The van der Waals surface area contributed by atoms with Gasteiger partial charge in [-0.05, 0) is 36.6 Å². The summed E-state index contributed by atoms with van der Waals surface area (Å²) in [5, 5.41) is 5.79. The van der Waals surface area contributed by atoms with Crippen LogP contribution in [0.25, 0.3) is 0 Å². The first-order valence-electron chi connectivity index (χ1n) is 7.39. The number of nitrogens with one attached hydrogen (secondary N) is 2. The van der Waals surface area contributed by atoms with Gasteiger partial charge in [0.2, 0.25) is 0 Å². The first-order valence-corrected chi connectivity index (χ1v) is 8.55. The molecule has 116 valence electrons. The molecule has 0 radical (unpaired) electrons. The molecule has 0 fully saturated rings. The molecule has 0 aliphatic carbocycles. The highest BCUT2D eigenvalue weighted by atomic mass is 32.2. The van der Waals surface area contributed by atoms with Crippen molar-refractivity contribution in [2.45, 2.75) is 19.6 Å². The van der Waals surface area contributed by atoms with Crippen LogP contribution < -0.4 is 10.6 Å². The minimum atomic E-state index is -0.144. The van der Waals surface area contributed by atoms with Crippen LogP contribution in [0.1, 0.15) is 16.7 Å². The topological polar surface area (TPSA) is 41.1 Å². The fourth-order valence-corrected chi connectivity index (χ4v) is 2.87. The molecule has 2 aromatic carbocycles. The second kappa shape index (κ2) is 8.49. The van der Waals surface area contributed by atoms with E-state index in [2.05, 4.69) is 22.8 Å². The second-order valence-electron chi connectivity index (χ2n) is 5.17. The summed E-state index contributed by atoms with van der Waals surface area (Å²) in [6.45, 7) is 4.72. The van der Waals surface area contributed by atoms with E-state index in [0.717, 1.165) is 22.8 Å². The van der Waals surface area contributed by atoms with Crippen molar-refractivity contribution < 1.29 is 4.79 Å². The van der Waals surface area contributed by atoms with Crippen molar-refractivity contribution in [3.63, 3.8) is 0 Å². The Morgan fingerprint density at radius 3 is 2.59 bits per heavy atom. The molecule has 3 nitrogen and oxygen atoms in total. The normalized spacial score (nSPS) is 10.3. The smallest absolute Gasteiger partial charge is 0.319 e. The number of amides is 2. The quantitative estimate of drug-likeness (QED) is 0.778. The third-order valence-corrected chi connectivity index (χ3v) is 4.53. The van der Waals surface area contributed by atoms with Crippen molar-refractivity contribution >= 4 is 23.5 Å². The van der Waals surface area contributed by atoms with Crippen LogP contribution in [0.15, 0.2) is 48.5 Å². The van der Waals surface area contributed by atoms with Crippen LogP contribution >= 0.6 is 11.8 Å². The van der Waals surface area contributed by atoms with Crippen molar-refractivity contribution in [2.24, 2.45) is 0 Å². The number of aryl methyl sites for hydroxylation is 1. The van der Waals surface area contributed by atoms with Crippen molar-refractivity contribution in [3.05, 3.63) is 65.2 Å². The van der Waals surface area contributed by atoms with Gasteiger partial charge in [-0.1, -0.05) is 42.5 Å². The molecule has 22 heavy (non-hydrogen) atoms. The third kappa shape index (κ3) is 5.11. The van der Waals surface area contributed by atoms with Gasteiger partial charge in [-0.25, -0.2) is 4.79 Å². The molecule has 0 heterocycles. The van der Waals surface area contributed by atoms with E-state index in [1.54, 1.807) is 0 Å². The zero-order chi connectivity index (χ0) is 15.8. The standard InChI is InChI=1S/C18H22N2OS/c1-14-7-6-10-17(15(14)2)20-18(21)19-11-12-22-13-16-8-4-3-5-9-16/h3-10H,11-13H2,1-2H3,(H2,19,20,21). The molecule has 2 rings (SSSR count). The van der Waals surface area contributed by atoms with E-state index in [-0.39, 0.29) is 6.03 Å². The maximum absolute atomic E-state index is 11.9. The average Bonchev–Trinajstić information content (AvgIpc) is 2.52. The SMILES string of the molecule is Cc1cccc(NC(=O)NCCSCc2ccccc2)c1C. The predicted octanol–water partition coefficient (Wildman–Crippen LogP) is 4.36. The predicted molar refractivity (Wildman–Crippen MR) is 95.5 cm³/mol. The first kappa shape index (κ1) is 16.4. The Labute approximate surface area is 136 Å². The van der Waals surface area contributed by atoms with Gasteiger partial charge in [0.05, 0.1) is 0 Å². The van der Waals surface area contributed by atoms with Crippen molar-refractivity contribution in [1.82, 2.24) is 5.32 Å². The van der Waals surface area contributed by atoms with Crippen molar-refractivity contribution in [1.29, 1.82) is 0 Å². The van der Waals surface area contributed by atoms with E-state index in [4.69, 9.17) is 0 Å². The average molecular weight is 314 g/mol. The van der Waals surface area contributed by atoms with Gasteiger partial charge in [0.25, 0.3) is 0 Å². The summed E-state index contributed by atoms with van der Waals surface area (Å²) in [5.74, 6) is 1.87. The lowest BCUT2D eigenvalue weighted by atomic mass is 10.1. The largest absolute Gasteiger partial charge is 0.337 e. The van der Waals surface area contributed by atoms with E-state index in [0.29, 0.717) is 6.54 Å². The number of hydrogen-bond acceptors (Lipinski definition) is 2. The van der Waals surface area contributed by atoms with Gasteiger partial charge in [-0.2, -0.15) is 11.8 Å². The second-order valence-corrected chi connectivity index (χ2v) is 6.27. The number of carbonyl (C=O) groups excluding carboxylic acids is 1. The van der Waals surface area contributed by atoms with Gasteiger partial charge in [0.1, 0.15) is 0 Å². The number of urea groups is 1. The molecule has 0 saturated heterocycles. The van der Waals surface area contributed by atoms with Gasteiger partial charge < -0.3 is 10.6 Å². The summed E-state index contributed by atoms with van der Waals surface area (Å²) in [7, 11) is 0. The fourth-order valence-electron chi connectivity index (χ4n) is 2.05. The Morgan fingerprint density at radius 1 is 1.05 bits per heavy atom. The van der Waals surface area contributed by atoms with Crippen LogP contribution in [0.3, 0.4) is 0 Å². The number of benzene rings is 2. The molecule has 2 N–H and O–H groups in total. The molecule has 0 unspecified atom stereocenters.